The van der Waals surface area contributed by atoms with Crippen molar-refractivity contribution in [2.75, 3.05) is 12.4 Å². The van der Waals surface area contributed by atoms with Gasteiger partial charge in [-0.1, -0.05) is 0 Å². The van der Waals surface area contributed by atoms with Crippen molar-refractivity contribution in [3.8, 4) is 0 Å². The fourth-order valence-electron chi connectivity index (χ4n) is 1.93. The molecule has 0 bridgehead atoms. The van der Waals surface area contributed by atoms with Crippen molar-refractivity contribution in [2.45, 2.75) is 47.3 Å². The molecule has 0 aliphatic carbocycles. The predicted molar refractivity (Wildman–Crippen MR) is 78.9 cm³/mol. The van der Waals surface area contributed by atoms with Crippen LogP contribution < -0.4 is 0 Å². The first-order chi connectivity index (χ1) is 9.39. The summed E-state index contributed by atoms with van der Waals surface area (Å²) in [6, 6.07) is 0. The fraction of sp³-hybridized carbons (Fsp3) is 1.00. The number of hydrogen-bond donors (Lipinski definition) is 4. The molecule has 1 aliphatic heterocycles. The normalized spacial score (nSPS) is 32.3. The maximum absolute atomic E-state index is 10.6. The van der Waals surface area contributed by atoms with Gasteiger partial charge in [-0.3, -0.25) is 0 Å². The van der Waals surface area contributed by atoms with Gasteiger partial charge in [-0.05, 0) is 0 Å². The average Bonchev–Trinajstić information content (AvgIpc) is 2.50. The molecule has 1 rings (SSSR count). The Morgan fingerprint density at radius 1 is 1.33 bits per heavy atom. The Hall–Kier alpha value is 0.488. The molecule has 0 amide bonds. The van der Waals surface area contributed by atoms with E-state index >= 15 is 0 Å². The van der Waals surface area contributed by atoms with E-state index < -0.39 is 65.1 Å². The van der Waals surface area contributed by atoms with E-state index in [1.165, 1.54) is 0 Å². The van der Waals surface area contributed by atoms with Crippen molar-refractivity contribution in [3.63, 3.8) is 0 Å². The molecule has 21 heavy (non-hydrogen) atoms. The second kappa shape index (κ2) is 7.37. The van der Waals surface area contributed by atoms with Gasteiger partial charge in [0, 0.05) is 0 Å². The van der Waals surface area contributed by atoms with Crippen LogP contribution in [0.1, 0.15) is 0 Å². The summed E-state index contributed by atoms with van der Waals surface area (Å²) >= 11 is -2.26. The second-order valence-electron chi connectivity index (χ2n) is 5.52. The molecule has 11 heteroatoms. The van der Waals surface area contributed by atoms with Gasteiger partial charge in [0.15, 0.2) is 0 Å². The van der Waals surface area contributed by atoms with Crippen molar-refractivity contribution in [2.24, 2.45) is 0 Å². The summed E-state index contributed by atoms with van der Waals surface area (Å²) in [6.07, 6.45) is -5.71. The second-order valence-corrected chi connectivity index (χ2v) is 19.5. The summed E-state index contributed by atoms with van der Waals surface area (Å²) < 4.78 is 40.2. The number of rotatable bonds is 7. The molecule has 4 N–H and O–H groups in total. The molecule has 1 fully saturated rings. The van der Waals surface area contributed by atoms with Crippen molar-refractivity contribution >= 4 is 32.4 Å². The van der Waals surface area contributed by atoms with Crippen molar-refractivity contribution in [1.29, 1.82) is 0 Å². The van der Waals surface area contributed by atoms with Crippen LogP contribution in [0.2, 0.25) is 16.6 Å². The predicted octanol–water partition coefficient (Wildman–Crippen LogP) is -0.899. The first-order valence-electron chi connectivity index (χ1n) is 6.19. The summed E-state index contributed by atoms with van der Waals surface area (Å²) in [6.45, 7) is -0.460. The van der Waals surface area contributed by atoms with Crippen LogP contribution in [-0.4, -0.2) is 83.2 Å². The maximum atomic E-state index is 10.6. The Balaban J connectivity index is 2.52. The number of aliphatic hydroxyl groups is 3. The molecule has 126 valence electrons. The quantitative estimate of drug-likeness (QED) is 0.312. The van der Waals surface area contributed by atoms with Crippen LogP contribution in [-0.2, 0) is 19.6 Å². The topological polar surface area (TPSA) is 134 Å². The van der Waals surface area contributed by atoms with Gasteiger partial charge in [-0.2, -0.15) is 0 Å². The molecule has 1 aliphatic rings. The summed E-state index contributed by atoms with van der Waals surface area (Å²) in [5.74, 6) is -0.879. The van der Waals surface area contributed by atoms with E-state index in [1.807, 2.05) is 11.4 Å². The van der Waals surface area contributed by atoms with E-state index in [0.29, 0.717) is 5.21 Å². The third kappa shape index (κ3) is 7.06. The van der Waals surface area contributed by atoms with Crippen LogP contribution in [0.3, 0.4) is 0 Å². The Labute approximate surface area is 130 Å². The molecule has 0 radical (unpaired) electrons. The van der Waals surface area contributed by atoms with Crippen LogP contribution in [0.15, 0.2) is 0 Å². The summed E-state index contributed by atoms with van der Waals surface area (Å²) in [5, 5.41) is 29.5. The van der Waals surface area contributed by atoms with Gasteiger partial charge in [0.2, 0.25) is 0 Å². The molecule has 0 aromatic heterocycles. The van der Waals surface area contributed by atoms with Gasteiger partial charge in [-0.25, -0.2) is 0 Å². The zero-order valence-electron chi connectivity index (χ0n) is 11.7. The molecule has 5 unspecified atom stereocenters. The molecular weight excluding hydrogens is 387 g/mol. The fourth-order valence-corrected chi connectivity index (χ4v) is 5.73. The van der Waals surface area contributed by atoms with E-state index in [-0.39, 0.29) is 0 Å². The third-order valence-corrected chi connectivity index (χ3v) is 6.97. The molecule has 1 heterocycles. The standard InChI is InChI=1S/C10H21AsO8S2/c1-11(2,20)3-7-8(13)9(14)10(19-7)18-4-6(12)5-21(15,16)17/h6-10,12-14H,3-5H2,1-2H3,(H,15,16,17). The minimum absolute atomic E-state index is 0.460. The number of ether oxygens (including phenoxy) is 2. The van der Waals surface area contributed by atoms with Crippen molar-refractivity contribution in [1.82, 2.24) is 0 Å². The van der Waals surface area contributed by atoms with Crippen LogP contribution in [0.25, 0.3) is 0 Å². The van der Waals surface area contributed by atoms with Gasteiger partial charge in [0.1, 0.15) is 0 Å². The van der Waals surface area contributed by atoms with Crippen LogP contribution >= 0.6 is 10.4 Å². The van der Waals surface area contributed by atoms with Gasteiger partial charge in [-0.15, -0.1) is 0 Å². The van der Waals surface area contributed by atoms with E-state index in [4.69, 9.17) is 24.4 Å². The van der Waals surface area contributed by atoms with Crippen molar-refractivity contribution in [3.05, 3.63) is 0 Å². The molecule has 1 saturated heterocycles. The van der Waals surface area contributed by atoms with Crippen LogP contribution in [0.4, 0.5) is 0 Å². The summed E-state index contributed by atoms with van der Waals surface area (Å²) in [4.78, 5) is 0. The molecule has 0 spiro atoms. The van der Waals surface area contributed by atoms with Gasteiger partial charge >= 0.3 is 130 Å². The van der Waals surface area contributed by atoms with Crippen molar-refractivity contribution < 1.29 is 37.8 Å². The summed E-state index contributed by atoms with van der Waals surface area (Å²) in [7, 11) is 1.02. The Bertz CT molecular complexity index is 489. The average molecular weight is 408 g/mol. The van der Waals surface area contributed by atoms with E-state index in [1.54, 1.807) is 0 Å². The molecule has 8 nitrogen and oxygen atoms in total. The zero-order chi connectivity index (χ0) is 16.4. The van der Waals surface area contributed by atoms with E-state index in [0.717, 1.165) is 0 Å². The monoisotopic (exact) mass is 408 g/mol. The van der Waals surface area contributed by atoms with E-state index in [2.05, 4.69) is 0 Å². The summed E-state index contributed by atoms with van der Waals surface area (Å²) in [5.41, 5.74) is 3.89. The Kier molecular flexibility index (Phi) is 6.86. The molecular formula is C10H21AsO8S2. The Morgan fingerprint density at radius 2 is 1.90 bits per heavy atom. The minimum atomic E-state index is -4.32. The number of aliphatic hydroxyl groups excluding tert-OH is 3. The van der Waals surface area contributed by atoms with Gasteiger partial charge in [0.05, 0.1) is 0 Å². The molecule has 0 aromatic carbocycles. The SMILES string of the molecule is C[As](C)(=S)CC1OC(OCC(O)CS(=O)(=O)O)C(O)C1O. The first kappa shape index (κ1) is 19.5. The third-order valence-electron chi connectivity index (χ3n) is 2.79. The molecule has 0 saturated carbocycles. The van der Waals surface area contributed by atoms with Gasteiger partial charge in [0.25, 0.3) is 0 Å². The van der Waals surface area contributed by atoms with Crippen LogP contribution in [0, 0.1) is 0 Å². The zero-order valence-corrected chi connectivity index (χ0v) is 15.2. The van der Waals surface area contributed by atoms with Gasteiger partial charge < -0.3 is 0 Å². The van der Waals surface area contributed by atoms with Crippen LogP contribution in [0.5, 0.6) is 0 Å². The number of hydrogen-bond acceptors (Lipinski definition) is 8. The molecule has 5 atom stereocenters. The molecule has 0 aromatic rings. The first-order valence-corrected chi connectivity index (χ1v) is 15.5. The Morgan fingerprint density at radius 3 is 2.38 bits per heavy atom. The van der Waals surface area contributed by atoms with E-state index in [9.17, 15) is 23.7 Å².